The minimum Gasteiger partial charge on any atom is -0.392 e. The Balaban J connectivity index is 2.19. The molecule has 0 aromatic carbocycles. The third kappa shape index (κ3) is 0.635. The van der Waals surface area contributed by atoms with Crippen LogP contribution in [0.3, 0.4) is 0 Å². The molecular formula is C6H2O6. The lowest BCUT2D eigenvalue weighted by molar-refractivity contribution is -0.205. The van der Waals surface area contributed by atoms with Gasteiger partial charge in [0.25, 0.3) is 0 Å². The molecule has 6 heteroatoms. The first-order valence-corrected chi connectivity index (χ1v) is 3.12. The molecule has 0 saturated carbocycles. The molecule has 62 valence electrons. The Labute approximate surface area is 65.4 Å². The van der Waals surface area contributed by atoms with Crippen molar-refractivity contribution < 1.29 is 28.7 Å². The molecule has 0 N–H and O–H groups in total. The molecule has 0 unspecified atom stereocenters. The van der Waals surface area contributed by atoms with Crippen molar-refractivity contribution in [1.29, 1.82) is 0 Å². The number of carbonyl (C=O) groups excluding carboxylic acids is 4. The number of hydrogen-bond acceptors (Lipinski definition) is 6. The van der Waals surface area contributed by atoms with E-state index >= 15 is 0 Å². The van der Waals surface area contributed by atoms with E-state index in [4.69, 9.17) is 0 Å². The van der Waals surface area contributed by atoms with Gasteiger partial charge in [-0.2, -0.15) is 0 Å². The zero-order chi connectivity index (χ0) is 8.88. The number of ether oxygens (including phenoxy) is 2. The SMILES string of the molecule is O=C1OC(=O)C1C1C(=O)OC1=O. The second-order valence-electron chi connectivity index (χ2n) is 2.44. The van der Waals surface area contributed by atoms with Crippen molar-refractivity contribution in [3.05, 3.63) is 0 Å². The lowest BCUT2D eigenvalue weighted by Crippen LogP contribution is -2.56. The highest BCUT2D eigenvalue weighted by Gasteiger charge is 2.60. The van der Waals surface area contributed by atoms with Crippen molar-refractivity contribution in [2.75, 3.05) is 0 Å². The van der Waals surface area contributed by atoms with Gasteiger partial charge in [0, 0.05) is 0 Å². The highest BCUT2D eigenvalue weighted by atomic mass is 16.6. The molecule has 2 fully saturated rings. The summed E-state index contributed by atoms with van der Waals surface area (Å²) < 4.78 is 7.93. The van der Waals surface area contributed by atoms with Crippen LogP contribution in [0.15, 0.2) is 0 Å². The van der Waals surface area contributed by atoms with Gasteiger partial charge in [-0.3, -0.25) is 19.2 Å². The average Bonchev–Trinajstić information content (AvgIpc) is 2.01. The lowest BCUT2D eigenvalue weighted by atomic mass is 9.86. The van der Waals surface area contributed by atoms with Gasteiger partial charge in [-0.15, -0.1) is 0 Å². The standard InChI is InChI=1S/C6H2O6/c7-3-1(4(8)11-3)2-5(9)12-6(2)10/h1-2H. The Bertz CT molecular complexity index is 256. The summed E-state index contributed by atoms with van der Waals surface area (Å²) >= 11 is 0. The number of hydrogen-bond donors (Lipinski definition) is 0. The second-order valence-corrected chi connectivity index (χ2v) is 2.44. The van der Waals surface area contributed by atoms with Crippen molar-refractivity contribution in [3.8, 4) is 0 Å². The van der Waals surface area contributed by atoms with E-state index in [0.29, 0.717) is 0 Å². The van der Waals surface area contributed by atoms with Gasteiger partial charge in [0.1, 0.15) is 0 Å². The summed E-state index contributed by atoms with van der Waals surface area (Å²) in [5.41, 5.74) is 0. The fraction of sp³-hybridized carbons (Fsp3) is 0.333. The zero-order valence-electron chi connectivity index (χ0n) is 5.60. The van der Waals surface area contributed by atoms with Crippen molar-refractivity contribution in [2.24, 2.45) is 11.8 Å². The molecule has 0 aliphatic carbocycles. The van der Waals surface area contributed by atoms with E-state index in [1.54, 1.807) is 0 Å². The quantitative estimate of drug-likeness (QED) is 0.347. The molecule has 0 amide bonds. The Kier molecular flexibility index (Phi) is 1.10. The van der Waals surface area contributed by atoms with Crippen molar-refractivity contribution in [3.63, 3.8) is 0 Å². The minimum atomic E-state index is -1.25. The predicted octanol–water partition coefficient (Wildman–Crippen LogP) is -1.61. The Hall–Kier alpha value is -1.72. The molecule has 0 aromatic rings. The van der Waals surface area contributed by atoms with Crippen LogP contribution in [-0.4, -0.2) is 23.9 Å². The second kappa shape index (κ2) is 1.90. The molecule has 0 atom stereocenters. The first-order chi connectivity index (χ1) is 5.61. The van der Waals surface area contributed by atoms with Gasteiger partial charge in [0.2, 0.25) is 0 Å². The summed E-state index contributed by atoms with van der Waals surface area (Å²) in [6, 6.07) is 0. The van der Waals surface area contributed by atoms with Gasteiger partial charge >= 0.3 is 23.9 Å². The summed E-state index contributed by atoms with van der Waals surface area (Å²) in [4.78, 5) is 42.3. The van der Waals surface area contributed by atoms with E-state index in [9.17, 15) is 19.2 Å². The van der Waals surface area contributed by atoms with Crippen LogP contribution < -0.4 is 0 Å². The molecule has 2 saturated heterocycles. The van der Waals surface area contributed by atoms with E-state index in [1.807, 2.05) is 0 Å². The fourth-order valence-electron chi connectivity index (χ4n) is 1.07. The van der Waals surface area contributed by atoms with Gasteiger partial charge < -0.3 is 9.47 Å². The highest BCUT2D eigenvalue weighted by Crippen LogP contribution is 2.31. The molecule has 0 aromatic heterocycles. The fourth-order valence-corrected chi connectivity index (χ4v) is 1.07. The van der Waals surface area contributed by atoms with Gasteiger partial charge in [-0.05, 0) is 0 Å². The van der Waals surface area contributed by atoms with Crippen molar-refractivity contribution in [1.82, 2.24) is 0 Å². The van der Waals surface area contributed by atoms with Gasteiger partial charge in [0.15, 0.2) is 11.8 Å². The molecule has 0 radical (unpaired) electrons. The first kappa shape index (κ1) is 6.96. The summed E-state index contributed by atoms with van der Waals surface area (Å²) in [5.74, 6) is -5.85. The van der Waals surface area contributed by atoms with E-state index in [2.05, 4.69) is 9.47 Å². The van der Waals surface area contributed by atoms with E-state index < -0.39 is 35.7 Å². The molecule has 12 heavy (non-hydrogen) atoms. The normalized spacial score (nSPS) is 24.3. The van der Waals surface area contributed by atoms with E-state index in [-0.39, 0.29) is 0 Å². The number of carbonyl (C=O) groups is 4. The van der Waals surface area contributed by atoms with Crippen LogP contribution in [0.1, 0.15) is 0 Å². The summed E-state index contributed by atoms with van der Waals surface area (Å²) in [6.45, 7) is 0. The van der Waals surface area contributed by atoms with Gasteiger partial charge in [-0.1, -0.05) is 0 Å². The molecule has 2 aliphatic heterocycles. The largest absolute Gasteiger partial charge is 0.392 e. The van der Waals surface area contributed by atoms with Crippen LogP contribution in [-0.2, 0) is 28.7 Å². The highest BCUT2D eigenvalue weighted by molar-refractivity contribution is 6.21. The first-order valence-electron chi connectivity index (χ1n) is 3.12. The maximum absolute atomic E-state index is 10.6. The van der Waals surface area contributed by atoms with Crippen molar-refractivity contribution >= 4 is 23.9 Å². The van der Waals surface area contributed by atoms with Crippen LogP contribution in [0, 0.1) is 11.8 Å². The van der Waals surface area contributed by atoms with Crippen LogP contribution in [0.5, 0.6) is 0 Å². The third-order valence-electron chi connectivity index (χ3n) is 1.75. The van der Waals surface area contributed by atoms with Crippen LogP contribution in [0.2, 0.25) is 0 Å². The van der Waals surface area contributed by atoms with Gasteiger partial charge in [-0.25, -0.2) is 0 Å². The summed E-state index contributed by atoms with van der Waals surface area (Å²) in [5, 5.41) is 0. The molecule has 2 rings (SSSR count). The zero-order valence-corrected chi connectivity index (χ0v) is 5.60. The summed E-state index contributed by atoms with van der Waals surface area (Å²) in [7, 11) is 0. The smallest absolute Gasteiger partial charge is 0.329 e. The lowest BCUT2D eigenvalue weighted by Gasteiger charge is -2.30. The van der Waals surface area contributed by atoms with Crippen molar-refractivity contribution in [2.45, 2.75) is 0 Å². The van der Waals surface area contributed by atoms with Crippen LogP contribution in [0.4, 0.5) is 0 Å². The Morgan fingerprint density at radius 3 is 1.08 bits per heavy atom. The molecule has 2 heterocycles. The maximum atomic E-state index is 10.6. The minimum absolute atomic E-state index is 0.838. The number of rotatable bonds is 1. The van der Waals surface area contributed by atoms with Crippen LogP contribution in [0.25, 0.3) is 0 Å². The molecule has 0 spiro atoms. The third-order valence-corrected chi connectivity index (χ3v) is 1.75. The molecule has 0 bridgehead atoms. The predicted molar refractivity (Wildman–Crippen MR) is 29.2 cm³/mol. The monoisotopic (exact) mass is 170 g/mol. The number of esters is 4. The van der Waals surface area contributed by atoms with Gasteiger partial charge in [0.05, 0.1) is 0 Å². The molecular weight excluding hydrogens is 168 g/mol. The average molecular weight is 170 g/mol. The maximum Gasteiger partial charge on any atom is 0.329 e. The number of cyclic esters (lactones) is 4. The topological polar surface area (TPSA) is 86.7 Å². The van der Waals surface area contributed by atoms with E-state index in [0.717, 1.165) is 0 Å². The van der Waals surface area contributed by atoms with Crippen LogP contribution >= 0.6 is 0 Å². The molecule has 2 aliphatic rings. The summed E-state index contributed by atoms with van der Waals surface area (Å²) in [6.07, 6.45) is 0. The Morgan fingerprint density at radius 2 is 0.917 bits per heavy atom. The van der Waals surface area contributed by atoms with E-state index in [1.165, 1.54) is 0 Å². The Morgan fingerprint density at radius 1 is 0.667 bits per heavy atom. The molecule has 6 nitrogen and oxygen atoms in total.